The molecule has 0 spiro atoms. The summed E-state index contributed by atoms with van der Waals surface area (Å²) in [4.78, 5) is 2.12. The van der Waals surface area contributed by atoms with E-state index in [0.29, 0.717) is 16.7 Å². The van der Waals surface area contributed by atoms with Gasteiger partial charge in [-0.15, -0.1) is 0 Å². The van der Waals surface area contributed by atoms with Gasteiger partial charge in [0, 0.05) is 11.1 Å². The molecule has 0 aliphatic carbocycles. The zero-order valence-corrected chi connectivity index (χ0v) is 15.9. The van der Waals surface area contributed by atoms with E-state index in [2.05, 4.69) is 17.0 Å². The Balaban J connectivity index is 1.83. The van der Waals surface area contributed by atoms with Gasteiger partial charge >= 0.3 is 0 Å². The summed E-state index contributed by atoms with van der Waals surface area (Å²) in [7, 11) is 0. The van der Waals surface area contributed by atoms with E-state index in [1.54, 1.807) is 18.2 Å². The lowest BCUT2D eigenvalue weighted by atomic mass is 9.93. The number of fused-ring (bicyclic) bond motifs is 2. The van der Waals surface area contributed by atoms with Gasteiger partial charge in [0.15, 0.2) is 11.5 Å². The lowest BCUT2D eigenvalue weighted by Crippen LogP contribution is -2.16. The number of para-hydroxylation sites is 5. The molecule has 4 aromatic rings. The van der Waals surface area contributed by atoms with Gasteiger partial charge in [-0.05, 0) is 42.5 Å². The van der Waals surface area contributed by atoms with Crippen LogP contribution in [0.1, 0.15) is 11.1 Å². The molecule has 0 fully saturated rings. The topological polar surface area (TPSA) is 60.0 Å². The Kier molecular flexibility index (Phi) is 4.17. The van der Waals surface area contributed by atoms with E-state index in [1.807, 2.05) is 72.8 Å². The van der Waals surface area contributed by atoms with Crippen molar-refractivity contribution < 1.29 is 4.74 Å². The molecule has 0 amide bonds. The summed E-state index contributed by atoms with van der Waals surface area (Å²) in [5.74, 6) is 1.50. The van der Waals surface area contributed by atoms with Gasteiger partial charge in [0.2, 0.25) is 0 Å². The first-order valence-electron chi connectivity index (χ1n) is 9.50. The Morgan fingerprint density at radius 3 is 1.63 bits per heavy atom. The fraction of sp³-hybridized carbons (Fsp3) is 0. The largest absolute Gasteiger partial charge is 0.453 e. The number of benzene rings is 4. The van der Waals surface area contributed by atoms with E-state index in [1.165, 1.54) is 0 Å². The highest BCUT2D eigenvalue weighted by molar-refractivity contribution is 5.95. The fourth-order valence-electron chi connectivity index (χ4n) is 3.87. The molecule has 0 saturated carbocycles. The van der Waals surface area contributed by atoms with Crippen LogP contribution in [-0.4, -0.2) is 0 Å². The summed E-state index contributed by atoms with van der Waals surface area (Å²) < 4.78 is 6.12. The molecule has 4 nitrogen and oxygen atoms in total. The molecule has 0 atom stereocenters. The summed E-state index contributed by atoms with van der Waals surface area (Å²) in [5, 5.41) is 19.4. The smallest absolute Gasteiger partial charge is 0.151 e. The fourth-order valence-corrected chi connectivity index (χ4v) is 3.87. The van der Waals surface area contributed by atoms with Crippen LogP contribution < -0.4 is 9.64 Å². The highest BCUT2D eigenvalue weighted by Crippen LogP contribution is 2.52. The van der Waals surface area contributed by atoms with Crippen LogP contribution in [0.15, 0.2) is 91.0 Å². The number of hydrogen-bond donors (Lipinski definition) is 0. The third-order valence-corrected chi connectivity index (χ3v) is 5.15. The first-order chi connectivity index (χ1) is 14.8. The molecule has 0 radical (unpaired) electrons. The molecule has 1 aliphatic heterocycles. The van der Waals surface area contributed by atoms with Crippen molar-refractivity contribution in [3.63, 3.8) is 0 Å². The van der Waals surface area contributed by atoms with Crippen LogP contribution in [0.25, 0.3) is 11.1 Å². The summed E-state index contributed by atoms with van der Waals surface area (Å²) in [5.41, 5.74) is 5.07. The van der Waals surface area contributed by atoms with Crippen LogP contribution in [0.4, 0.5) is 17.1 Å². The van der Waals surface area contributed by atoms with Gasteiger partial charge in [-0.3, -0.25) is 0 Å². The third kappa shape index (κ3) is 2.68. The van der Waals surface area contributed by atoms with Crippen molar-refractivity contribution >= 4 is 17.1 Å². The second-order valence-corrected chi connectivity index (χ2v) is 6.84. The highest BCUT2D eigenvalue weighted by Gasteiger charge is 2.27. The molecule has 1 heterocycles. The van der Waals surface area contributed by atoms with Crippen molar-refractivity contribution in [1.29, 1.82) is 10.5 Å². The van der Waals surface area contributed by atoms with Gasteiger partial charge in [-0.1, -0.05) is 48.5 Å². The van der Waals surface area contributed by atoms with E-state index < -0.39 is 0 Å². The molecule has 0 unspecified atom stereocenters. The van der Waals surface area contributed by atoms with Gasteiger partial charge in [-0.2, -0.15) is 10.5 Å². The normalized spacial score (nSPS) is 11.5. The number of nitrogens with zero attached hydrogens (tertiary/aromatic N) is 3. The summed E-state index contributed by atoms with van der Waals surface area (Å²) in [6, 6.07) is 33.2. The van der Waals surface area contributed by atoms with Crippen molar-refractivity contribution in [2.75, 3.05) is 4.90 Å². The predicted molar refractivity (Wildman–Crippen MR) is 116 cm³/mol. The quantitative estimate of drug-likeness (QED) is 0.340. The monoisotopic (exact) mass is 385 g/mol. The van der Waals surface area contributed by atoms with Crippen molar-refractivity contribution in [3.8, 4) is 34.8 Å². The Bertz CT molecular complexity index is 1280. The van der Waals surface area contributed by atoms with Crippen LogP contribution in [0.5, 0.6) is 11.5 Å². The van der Waals surface area contributed by atoms with Crippen molar-refractivity contribution in [1.82, 2.24) is 0 Å². The Morgan fingerprint density at radius 1 is 0.567 bits per heavy atom. The average molecular weight is 385 g/mol. The molecular formula is C26H15N3O. The number of anilines is 3. The minimum atomic E-state index is 0.469. The molecule has 4 heteroatoms. The zero-order valence-electron chi connectivity index (χ0n) is 15.9. The lowest BCUT2D eigenvalue weighted by molar-refractivity contribution is 0.477. The Hall–Kier alpha value is -4.54. The van der Waals surface area contributed by atoms with Gasteiger partial charge in [0.25, 0.3) is 0 Å². The number of nitriles is 2. The molecule has 140 valence electrons. The first-order valence-corrected chi connectivity index (χ1v) is 9.50. The zero-order chi connectivity index (χ0) is 20.5. The van der Waals surface area contributed by atoms with Gasteiger partial charge in [-0.25, -0.2) is 0 Å². The van der Waals surface area contributed by atoms with E-state index in [-0.39, 0.29) is 0 Å². The van der Waals surface area contributed by atoms with E-state index in [0.717, 1.165) is 34.1 Å². The maximum Gasteiger partial charge on any atom is 0.151 e. The average Bonchev–Trinajstić information content (AvgIpc) is 2.82. The molecule has 0 saturated heterocycles. The number of rotatable bonds is 2. The molecular weight excluding hydrogens is 370 g/mol. The Labute approximate surface area is 174 Å². The van der Waals surface area contributed by atoms with Crippen molar-refractivity contribution in [2.45, 2.75) is 0 Å². The first kappa shape index (κ1) is 17.6. The van der Waals surface area contributed by atoms with Crippen molar-refractivity contribution in [2.24, 2.45) is 0 Å². The maximum absolute atomic E-state index is 9.72. The maximum atomic E-state index is 9.72. The third-order valence-electron chi connectivity index (χ3n) is 5.15. The van der Waals surface area contributed by atoms with E-state index in [4.69, 9.17) is 4.74 Å². The SMILES string of the molecule is N#Cc1cccc(C#N)c1-c1ccccc1N1c2ccccc2Oc2ccccc21. The number of hydrogen-bond acceptors (Lipinski definition) is 4. The molecule has 4 aromatic carbocycles. The molecule has 30 heavy (non-hydrogen) atoms. The molecule has 0 N–H and O–H groups in total. The van der Waals surface area contributed by atoms with Crippen LogP contribution in [-0.2, 0) is 0 Å². The lowest BCUT2D eigenvalue weighted by Gasteiger charge is -2.34. The van der Waals surface area contributed by atoms with Gasteiger partial charge in [0.05, 0.1) is 40.3 Å². The molecule has 0 bridgehead atoms. The van der Waals surface area contributed by atoms with Gasteiger partial charge in [0.1, 0.15) is 0 Å². The predicted octanol–water partition coefficient (Wildman–Crippen LogP) is 6.67. The van der Waals surface area contributed by atoms with E-state index >= 15 is 0 Å². The van der Waals surface area contributed by atoms with Crippen LogP contribution in [0.3, 0.4) is 0 Å². The van der Waals surface area contributed by atoms with Crippen LogP contribution in [0.2, 0.25) is 0 Å². The summed E-state index contributed by atoms with van der Waals surface area (Å²) in [6.07, 6.45) is 0. The second kappa shape index (κ2) is 7.13. The minimum absolute atomic E-state index is 0.469. The van der Waals surface area contributed by atoms with Crippen LogP contribution >= 0.6 is 0 Å². The molecule has 0 aromatic heterocycles. The van der Waals surface area contributed by atoms with Crippen molar-refractivity contribution in [3.05, 3.63) is 102 Å². The second-order valence-electron chi connectivity index (χ2n) is 6.84. The summed E-state index contributed by atoms with van der Waals surface area (Å²) >= 11 is 0. The Morgan fingerprint density at radius 2 is 1.07 bits per heavy atom. The van der Waals surface area contributed by atoms with Gasteiger partial charge < -0.3 is 9.64 Å². The number of ether oxygens (including phenoxy) is 1. The van der Waals surface area contributed by atoms with Crippen LogP contribution in [0, 0.1) is 22.7 Å². The molecule has 5 rings (SSSR count). The minimum Gasteiger partial charge on any atom is -0.453 e. The summed E-state index contributed by atoms with van der Waals surface area (Å²) in [6.45, 7) is 0. The standard InChI is InChI=1S/C26H15N3O/c27-16-18-8-7-9-19(17-28)26(18)20-10-1-2-11-21(20)29-22-12-3-5-14-24(22)30-25-15-6-4-13-23(25)29/h1-15H. The highest BCUT2D eigenvalue weighted by atomic mass is 16.5. The van der Waals surface area contributed by atoms with E-state index in [9.17, 15) is 10.5 Å². The molecule has 1 aliphatic rings.